The van der Waals surface area contributed by atoms with Gasteiger partial charge in [0.05, 0.1) is 36.0 Å². The highest BCUT2D eigenvalue weighted by atomic mass is 16.3. The molecule has 128 valence electrons. The predicted molar refractivity (Wildman–Crippen MR) is 95.0 cm³/mol. The number of para-hydroxylation sites is 2. The van der Waals surface area contributed by atoms with Crippen molar-refractivity contribution in [2.75, 3.05) is 18.0 Å². The van der Waals surface area contributed by atoms with Crippen LogP contribution in [-0.2, 0) is 11.3 Å². The summed E-state index contributed by atoms with van der Waals surface area (Å²) in [7, 11) is 0. The number of amides is 1. The first-order valence-electron chi connectivity index (χ1n) is 8.56. The Morgan fingerprint density at radius 2 is 2.12 bits per heavy atom. The fourth-order valence-electron chi connectivity index (χ4n) is 3.23. The van der Waals surface area contributed by atoms with E-state index in [2.05, 4.69) is 15.2 Å². The number of piperidine rings is 1. The summed E-state index contributed by atoms with van der Waals surface area (Å²) in [5, 5.41) is 2.96. The molecule has 0 radical (unpaired) electrons. The molecule has 1 amide bonds. The van der Waals surface area contributed by atoms with Crippen LogP contribution in [0.1, 0.15) is 18.6 Å². The molecule has 1 N–H and O–H groups in total. The number of fused-ring (bicyclic) bond motifs is 1. The number of aromatic nitrogens is 2. The van der Waals surface area contributed by atoms with E-state index in [9.17, 15) is 4.79 Å². The lowest BCUT2D eigenvalue weighted by atomic mass is 9.97. The van der Waals surface area contributed by atoms with Gasteiger partial charge in [0.2, 0.25) is 5.91 Å². The minimum absolute atomic E-state index is 0.0445. The van der Waals surface area contributed by atoms with Gasteiger partial charge in [-0.1, -0.05) is 12.1 Å². The van der Waals surface area contributed by atoms with Crippen LogP contribution in [0.15, 0.2) is 53.3 Å². The Morgan fingerprint density at radius 1 is 1.24 bits per heavy atom. The van der Waals surface area contributed by atoms with E-state index >= 15 is 0 Å². The molecule has 1 unspecified atom stereocenters. The molecular weight excluding hydrogens is 316 g/mol. The van der Waals surface area contributed by atoms with Gasteiger partial charge in [0.25, 0.3) is 0 Å². The monoisotopic (exact) mass is 336 g/mol. The van der Waals surface area contributed by atoms with Gasteiger partial charge in [-0.2, -0.15) is 0 Å². The van der Waals surface area contributed by atoms with Gasteiger partial charge in [-0.05, 0) is 37.1 Å². The molecule has 3 heterocycles. The number of nitrogens with zero attached hydrogens (tertiary/aromatic N) is 3. The van der Waals surface area contributed by atoms with Crippen LogP contribution in [0.2, 0.25) is 0 Å². The molecule has 1 aliphatic heterocycles. The second-order valence-electron chi connectivity index (χ2n) is 6.30. The van der Waals surface area contributed by atoms with Crippen molar-refractivity contribution in [3.05, 3.63) is 54.6 Å². The molecule has 1 saturated heterocycles. The molecule has 6 nitrogen and oxygen atoms in total. The highest BCUT2D eigenvalue weighted by Gasteiger charge is 2.26. The maximum absolute atomic E-state index is 12.5. The van der Waals surface area contributed by atoms with Gasteiger partial charge in [0.15, 0.2) is 0 Å². The molecule has 3 aromatic rings. The van der Waals surface area contributed by atoms with Crippen molar-refractivity contribution in [2.24, 2.45) is 5.92 Å². The highest BCUT2D eigenvalue weighted by molar-refractivity contribution is 5.80. The Hall–Kier alpha value is -2.89. The van der Waals surface area contributed by atoms with Crippen LogP contribution in [0.3, 0.4) is 0 Å². The lowest BCUT2D eigenvalue weighted by molar-refractivity contribution is -0.125. The molecule has 0 aliphatic carbocycles. The van der Waals surface area contributed by atoms with Gasteiger partial charge in [0, 0.05) is 13.1 Å². The van der Waals surface area contributed by atoms with Gasteiger partial charge in [0.1, 0.15) is 11.6 Å². The minimum atomic E-state index is -0.0445. The topological polar surface area (TPSA) is 71.3 Å². The second-order valence-corrected chi connectivity index (χ2v) is 6.30. The van der Waals surface area contributed by atoms with Gasteiger partial charge in [-0.25, -0.2) is 4.98 Å². The molecule has 1 atom stereocenters. The molecule has 4 rings (SSSR count). The molecule has 25 heavy (non-hydrogen) atoms. The quantitative estimate of drug-likeness (QED) is 0.793. The smallest absolute Gasteiger partial charge is 0.225 e. The third-order valence-electron chi connectivity index (χ3n) is 4.57. The van der Waals surface area contributed by atoms with E-state index in [1.54, 1.807) is 12.5 Å². The normalized spacial score (nSPS) is 17.6. The fraction of sp³-hybridized carbons (Fsp3) is 0.316. The zero-order valence-corrected chi connectivity index (χ0v) is 13.9. The van der Waals surface area contributed by atoms with Crippen LogP contribution in [0, 0.1) is 5.92 Å². The standard InChI is InChI=1S/C19H20N4O2/c24-19(21-11-15-6-4-10-25-15)14-5-3-9-23(13-14)18-12-20-16-7-1-2-8-17(16)22-18/h1-2,4,6-8,10,12,14H,3,5,9,11,13H2,(H,21,24). The zero-order chi connectivity index (χ0) is 17.1. The summed E-state index contributed by atoms with van der Waals surface area (Å²) in [6, 6.07) is 11.5. The molecule has 0 bridgehead atoms. The van der Waals surface area contributed by atoms with Crippen LogP contribution < -0.4 is 10.2 Å². The summed E-state index contributed by atoms with van der Waals surface area (Å²) in [4.78, 5) is 23.8. The Bertz CT molecular complexity index is 863. The summed E-state index contributed by atoms with van der Waals surface area (Å²) < 4.78 is 5.26. The molecule has 0 spiro atoms. The van der Waals surface area contributed by atoms with Gasteiger partial charge >= 0.3 is 0 Å². The predicted octanol–water partition coefficient (Wildman–Crippen LogP) is 2.76. The van der Waals surface area contributed by atoms with Crippen LogP contribution >= 0.6 is 0 Å². The molecule has 0 saturated carbocycles. The van der Waals surface area contributed by atoms with Gasteiger partial charge < -0.3 is 14.6 Å². The van der Waals surface area contributed by atoms with Crippen molar-refractivity contribution >= 4 is 22.8 Å². The number of carbonyl (C=O) groups is 1. The number of anilines is 1. The first-order valence-corrected chi connectivity index (χ1v) is 8.56. The lowest BCUT2D eigenvalue weighted by Gasteiger charge is -2.32. The number of furan rings is 1. The van der Waals surface area contributed by atoms with Gasteiger partial charge in [-0.3, -0.25) is 9.78 Å². The van der Waals surface area contributed by atoms with E-state index in [0.717, 1.165) is 42.0 Å². The van der Waals surface area contributed by atoms with Crippen molar-refractivity contribution in [3.8, 4) is 0 Å². The number of nitrogens with one attached hydrogen (secondary N) is 1. The van der Waals surface area contributed by atoms with Crippen LogP contribution in [0.4, 0.5) is 5.82 Å². The number of hydrogen-bond acceptors (Lipinski definition) is 5. The van der Waals surface area contributed by atoms with Crippen molar-refractivity contribution in [1.29, 1.82) is 0 Å². The molecular formula is C19H20N4O2. The maximum Gasteiger partial charge on any atom is 0.225 e. The van der Waals surface area contributed by atoms with Crippen molar-refractivity contribution in [1.82, 2.24) is 15.3 Å². The highest BCUT2D eigenvalue weighted by Crippen LogP contribution is 2.23. The first kappa shape index (κ1) is 15.6. The lowest BCUT2D eigenvalue weighted by Crippen LogP contribution is -2.43. The van der Waals surface area contributed by atoms with Crippen LogP contribution in [-0.4, -0.2) is 29.0 Å². The third kappa shape index (κ3) is 3.47. The molecule has 6 heteroatoms. The van der Waals surface area contributed by atoms with E-state index in [4.69, 9.17) is 9.40 Å². The summed E-state index contributed by atoms with van der Waals surface area (Å²) in [5.41, 5.74) is 1.76. The van der Waals surface area contributed by atoms with E-state index in [0.29, 0.717) is 13.1 Å². The Labute approximate surface area is 145 Å². The van der Waals surface area contributed by atoms with Crippen molar-refractivity contribution in [3.63, 3.8) is 0 Å². The largest absolute Gasteiger partial charge is 0.467 e. The number of benzene rings is 1. The number of hydrogen-bond donors (Lipinski definition) is 1. The van der Waals surface area contributed by atoms with Crippen LogP contribution in [0.5, 0.6) is 0 Å². The molecule has 2 aromatic heterocycles. The second kappa shape index (κ2) is 6.93. The molecule has 1 aliphatic rings. The van der Waals surface area contributed by atoms with Crippen molar-refractivity contribution < 1.29 is 9.21 Å². The minimum Gasteiger partial charge on any atom is -0.467 e. The summed E-state index contributed by atoms with van der Waals surface area (Å²) in [6.07, 6.45) is 5.27. The first-order chi connectivity index (χ1) is 12.3. The SMILES string of the molecule is O=C(NCc1ccco1)C1CCCN(c2cnc3ccccc3n2)C1. The fourth-order valence-corrected chi connectivity index (χ4v) is 3.23. The van der Waals surface area contributed by atoms with E-state index in [1.807, 2.05) is 36.4 Å². The molecule has 1 fully saturated rings. The van der Waals surface area contributed by atoms with Gasteiger partial charge in [-0.15, -0.1) is 0 Å². The van der Waals surface area contributed by atoms with E-state index in [1.165, 1.54) is 0 Å². The maximum atomic E-state index is 12.5. The Balaban J connectivity index is 1.43. The third-order valence-corrected chi connectivity index (χ3v) is 4.57. The summed E-state index contributed by atoms with van der Waals surface area (Å²) in [5.74, 6) is 1.62. The average molecular weight is 336 g/mol. The Kier molecular flexibility index (Phi) is 4.33. The molecule has 1 aromatic carbocycles. The van der Waals surface area contributed by atoms with E-state index < -0.39 is 0 Å². The zero-order valence-electron chi connectivity index (χ0n) is 13.9. The van der Waals surface area contributed by atoms with E-state index in [-0.39, 0.29) is 11.8 Å². The number of rotatable bonds is 4. The number of carbonyl (C=O) groups excluding carboxylic acids is 1. The van der Waals surface area contributed by atoms with Crippen LogP contribution in [0.25, 0.3) is 11.0 Å². The van der Waals surface area contributed by atoms with Crippen molar-refractivity contribution in [2.45, 2.75) is 19.4 Å². The summed E-state index contributed by atoms with van der Waals surface area (Å²) >= 11 is 0. The summed E-state index contributed by atoms with van der Waals surface area (Å²) in [6.45, 7) is 1.99. The average Bonchev–Trinajstić information content (AvgIpc) is 3.19. The Morgan fingerprint density at radius 3 is 2.96 bits per heavy atom.